The third kappa shape index (κ3) is 3.46. The number of aromatic carboxylic acids is 1. The van der Waals surface area contributed by atoms with Gasteiger partial charge in [0.2, 0.25) is 0 Å². The zero-order valence-electron chi connectivity index (χ0n) is 11.4. The molecule has 0 aliphatic rings. The number of rotatable bonds is 5. The van der Waals surface area contributed by atoms with Gasteiger partial charge >= 0.3 is 5.97 Å². The fourth-order valence-corrected chi connectivity index (χ4v) is 4.42. The van der Waals surface area contributed by atoms with Crippen molar-refractivity contribution in [3.05, 3.63) is 46.6 Å². The van der Waals surface area contributed by atoms with Gasteiger partial charge in [-0.15, -0.1) is 11.3 Å². The van der Waals surface area contributed by atoms with E-state index in [0.717, 1.165) is 16.9 Å². The summed E-state index contributed by atoms with van der Waals surface area (Å²) in [7, 11) is -3.77. The van der Waals surface area contributed by atoms with Gasteiger partial charge in [0.25, 0.3) is 10.0 Å². The molecule has 0 aromatic carbocycles. The van der Waals surface area contributed by atoms with Crippen LogP contribution in [-0.4, -0.2) is 24.5 Å². The number of thiophene rings is 1. The molecule has 112 valence electrons. The molecule has 2 aromatic rings. The predicted molar refractivity (Wildman–Crippen MR) is 79.0 cm³/mol. The van der Waals surface area contributed by atoms with Crippen molar-refractivity contribution in [3.63, 3.8) is 0 Å². The van der Waals surface area contributed by atoms with Crippen LogP contribution in [0, 0.1) is 6.92 Å². The van der Waals surface area contributed by atoms with E-state index in [1.165, 1.54) is 6.07 Å². The van der Waals surface area contributed by atoms with Gasteiger partial charge in [-0.25, -0.2) is 17.9 Å². The molecule has 0 aliphatic carbocycles. The highest BCUT2D eigenvalue weighted by Gasteiger charge is 2.23. The van der Waals surface area contributed by atoms with Crippen LogP contribution in [0.2, 0.25) is 0 Å². The first-order valence-corrected chi connectivity index (χ1v) is 8.37. The molecular formula is C13H14N2O4S2. The lowest BCUT2D eigenvalue weighted by Crippen LogP contribution is -2.26. The number of sulfonamides is 1. The van der Waals surface area contributed by atoms with E-state index in [1.807, 2.05) is 0 Å². The van der Waals surface area contributed by atoms with Crippen molar-refractivity contribution in [2.24, 2.45) is 0 Å². The summed E-state index contributed by atoms with van der Waals surface area (Å²) in [5, 5.41) is 8.99. The molecule has 0 aliphatic heterocycles. The maximum absolute atomic E-state index is 12.3. The molecule has 21 heavy (non-hydrogen) atoms. The fraction of sp³-hybridized carbons (Fsp3) is 0.231. The molecule has 0 saturated heterocycles. The maximum atomic E-state index is 12.3. The van der Waals surface area contributed by atoms with Crippen molar-refractivity contribution in [1.82, 2.24) is 9.71 Å². The monoisotopic (exact) mass is 326 g/mol. The Labute approximate surface area is 126 Å². The van der Waals surface area contributed by atoms with Crippen molar-refractivity contribution >= 4 is 27.3 Å². The van der Waals surface area contributed by atoms with Crippen LogP contribution >= 0.6 is 11.3 Å². The summed E-state index contributed by atoms with van der Waals surface area (Å²) < 4.78 is 27.1. The minimum atomic E-state index is -3.77. The Hall–Kier alpha value is -1.77. The van der Waals surface area contributed by atoms with Crippen LogP contribution in [0.25, 0.3) is 0 Å². The molecule has 6 nitrogen and oxygen atoms in total. The average Bonchev–Trinajstić information content (AvgIpc) is 2.82. The van der Waals surface area contributed by atoms with E-state index in [4.69, 9.17) is 5.11 Å². The molecule has 2 rings (SSSR count). The van der Waals surface area contributed by atoms with Crippen LogP contribution < -0.4 is 4.72 Å². The summed E-state index contributed by atoms with van der Waals surface area (Å²) in [4.78, 5) is 15.0. The number of hydrogen-bond donors (Lipinski definition) is 2. The minimum absolute atomic E-state index is 0.00635. The summed E-state index contributed by atoms with van der Waals surface area (Å²) in [5.74, 6) is -1.13. The molecule has 0 unspecified atom stereocenters. The number of nitrogens with one attached hydrogen (secondary N) is 1. The number of carboxylic acid groups (broad SMARTS) is 1. The van der Waals surface area contributed by atoms with Gasteiger partial charge < -0.3 is 5.11 Å². The van der Waals surface area contributed by atoms with Gasteiger partial charge in [-0.1, -0.05) is 6.07 Å². The van der Waals surface area contributed by atoms with Crippen LogP contribution in [0.4, 0.5) is 0 Å². The van der Waals surface area contributed by atoms with Gasteiger partial charge in [-0.3, -0.25) is 4.98 Å². The van der Waals surface area contributed by atoms with E-state index < -0.39 is 22.0 Å². The molecule has 0 bridgehead atoms. The molecule has 0 amide bonds. The number of hydrogen-bond acceptors (Lipinski definition) is 5. The van der Waals surface area contributed by atoms with Crippen molar-refractivity contribution in [3.8, 4) is 0 Å². The van der Waals surface area contributed by atoms with E-state index in [-0.39, 0.29) is 9.09 Å². The molecule has 2 aromatic heterocycles. The quantitative estimate of drug-likeness (QED) is 0.878. The number of aryl methyl sites for hydroxylation is 1. The molecular weight excluding hydrogens is 312 g/mol. The summed E-state index contributed by atoms with van der Waals surface area (Å²) in [6.07, 6.45) is 3.18. The van der Waals surface area contributed by atoms with Crippen molar-refractivity contribution in [2.75, 3.05) is 0 Å². The van der Waals surface area contributed by atoms with Gasteiger partial charge in [-0.2, -0.15) is 0 Å². The van der Waals surface area contributed by atoms with E-state index in [1.54, 1.807) is 38.4 Å². The summed E-state index contributed by atoms with van der Waals surface area (Å²) in [6, 6.07) is 4.40. The third-order valence-electron chi connectivity index (χ3n) is 2.87. The SMILES string of the molecule is Cc1cc(S(=O)(=O)N[C@@H](C)c2cccnc2)sc1C(=O)O. The van der Waals surface area contributed by atoms with Gasteiger partial charge in [0, 0.05) is 18.4 Å². The Bertz CT molecular complexity index is 754. The number of nitrogens with zero attached hydrogens (tertiary/aromatic N) is 1. The Morgan fingerprint density at radius 3 is 2.71 bits per heavy atom. The first kappa shape index (κ1) is 15.6. The largest absolute Gasteiger partial charge is 0.477 e. The third-order valence-corrected chi connectivity index (χ3v) is 6.11. The second-order valence-corrected chi connectivity index (χ2v) is 7.51. The number of pyridine rings is 1. The fourth-order valence-electron chi connectivity index (χ4n) is 1.79. The van der Waals surface area contributed by atoms with Crippen molar-refractivity contribution < 1.29 is 18.3 Å². The number of aromatic nitrogens is 1. The first-order valence-electron chi connectivity index (χ1n) is 6.07. The van der Waals surface area contributed by atoms with E-state index in [2.05, 4.69) is 9.71 Å². The standard InChI is InChI=1S/C13H14N2O4S2/c1-8-6-11(20-12(8)13(16)17)21(18,19)15-9(2)10-4-3-5-14-7-10/h3-7,9,15H,1-2H3,(H,16,17)/t9-/m0/s1. The Kier molecular flexibility index (Phi) is 4.40. The highest BCUT2D eigenvalue weighted by Crippen LogP contribution is 2.27. The summed E-state index contributed by atoms with van der Waals surface area (Å²) in [5.41, 5.74) is 1.16. The predicted octanol–water partition coefficient (Wildman–Crippen LogP) is 2.19. The topological polar surface area (TPSA) is 96.4 Å². The van der Waals surface area contributed by atoms with E-state index in [0.29, 0.717) is 5.56 Å². The second kappa shape index (κ2) is 5.92. The lowest BCUT2D eigenvalue weighted by molar-refractivity contribution is 0.0701. The number of carboxylic acids is 1. The Morgan fingerprint density at radius 2 is 2.19 bits per heavy atom. The molecule has 2 heterocycles. The molecule has 1 atom stereocenters. The molecule has 2 N–H and O–H groups in total. The molecule has 0 fully saturated rings. The van der Waals surface area contributed by atoms with Crippen LogP contribution in [-0.2, 0) is 10.0 Å². The summed E-state index contributed by atoms with van der Waals surface area (Å²) >= 11 is 0.746. The molecule has 0 saturated carbocycles. The first-order chi connectivity index (χ1) is 9.81. The molecule has 0 radical (unpaired) electrons. The Morgan fingerprint density at radius 1 is 1.48 bits per heavy atom. The minimum Gasteiger partial charge on any atom is -0.477 e. The number of carbonyl (C=O) groups is 1. The van der Waals surface area contributed by atoms with Gasteiger partial charge in [0.15, 0.2) is 0 Å². The highest BCUT2D eigenvalue weighted by molar-refractivity contribution is 7.91. The van der Waals surface area contributed by atoms with Crippen LogP contribution in [0.1, 0.15) is 33.8 Å². The Balaban J connectivity index is 2.27. The lowest BCUT2D eigenvalue weighted by Gasteiger charge is -2.13. The maximum Gasteiger partial charge on any atom is 0.346 e. The second-order valence-electron chi connectivity index (χ2n) is 4.51. The van der Waals surface area contributed by atoms with Crippen LogP contribution in [0.5, 0.6) is 0 Å². The molecule has 0 spiro atoms. The lowest BCUT2D eigenvalue weighted by atomic mass is 10.2. The van der Waals surface area contributed by atoms with Crippen molar-refractivity contribution in [1.29, 1.82) is 0 Å². The summed E-state index contributed by atoms with van der Waals surface area (Å²) in [6.45, 7) is 3.27. The average molecular weight is 326 g/mol. The van der Waals surface area contributed by atoms with Gasteiger partial charge in [0.05, 0.1) is 0 Å². The smallest absolute Gasteiger partial charge is 0.346 e. The van der Waals surface area contributed by atoms with Crippen LogP contribution in [0.15, 0.2) is 34.8 Å². The van der Waals surface area contributed by atoms with Gasteiger partial charge in [0.1, 0.15) is 9.09 Å². The highest BCUT2D eigenvalue weighted by atomic mass is 32.2. The van der Waals surface area contributed by atoms with Gasteiger partial charge in [-0.05, 0) is 37.1 Å². The molecule has 8 heteroatoms. The van der Waals surface area contributed by atoms with Crippen LogP contribution in [0.3, 0.4) is 0 Å². The normalized spacial score (nSPS) is 13.0. The van der Waals surface area contributed by atoms with E-state index in [9.17, 15) is 13.2 Å². The van der Waals surface area contributed by atoms with Crippen molar-refractivity contribution in [2.45, 2.75) is 24.1 Å². The zero-order valence-corrected chi connectivity index (χ0v) is 13.0. The zero-order chi connectivity index (χ0) is 15.6. The van der Waals surface area contributed by atoms with E-state index >= 15 is 0 Å².